The molecular weight excluding hydrogens is 222 g/mol. The Morgan fingerprint density at radius 2 is 2.00 bits per heavy atom. The van der Waals surface area contributed by atoms with Crippen LogP contribution >= 0.6 is 0 Å². The number of hydrogen-bond acceptors (Lipinski definition) is 4. The Morgan fingerprint density at radius 1 is 1.35 bits per heavy atom. The average Bonchev–Trinajstić information content (AvgIpc) is 2.35. The number of rotatable bonds is 8. The van der Waals surface area contributed by atoms with E-state index in [4.69, 9.17) is 5.11 Å². The van der Waals surface area contributed by atoms with Gasteiger partial charge in [-0.15, -0.1) is 0 Å². The summed E-state index contributed by atoms with van der Waals surface area (Å²) in [5.41, 5.74) is 0. The molecule has 0 spiro atoms. The van der Waals surface area contributed by atoms with Gasteiger partial charge in [-0.1, -0.05) is 26.7 Å². The van der Waals surface area contributed by atoms with Crippen LogP contribution in [0.15, 0.2) is 0 Å². The molecule has 0 aromatic carbocycles. The summed E-state index contributed by atoms with van der Waals surface area (Å²) in [5, 5.41) is 11.5. The van der Waals surface area contributed by atoms with Gasteiger partial charge in [-0.05, 0) is 12.8 Å². The number of hydrogen-bond donors (Lipinski definition) is 2. The molecule has 0 fully saturated rings. The van der Waals surface area contributed by atoms with Crippen molar-refractivity contribution >= 4 is 11.9 Å². The Balaban J connectivity index is 4.31. The summed E-state index contributed by atoms with van der Waals surface area (Å²) in [4.78, 5) is 23.0. The molecule has 0 radical (unpaired) electrons. The number of aliphatic hydroxyl groups is 1. The highest BCUT2D eigenvalue weighted by molar-refractivity contribution is 5.85. The first kappa shape index (κ1) is 15.9. The SMILES string of the molecule is CCCCC(CC)C(=O)NC(CO)C(=O)OC. The zero-order chi connectivity index (χ0) is 13.3. The first-order chi connectivity index (χ1) is 8.10. The second-order valence-corrected chi connectivity index (χ2v) is 4.01. The van der Waals surface area contributed by atoms with Crippen LogP contribution in [0.1, 0.15) is 39.5 Å². The molecule has 5 nitrogen and oxygen atoms in total. The topological polar surface area (TPSA) is 75.6 Å². The number of nitrogens with one attached hydrogen (secondary N) is 1. The number of amides is 1. The number of esters is 1. The minimum Gasteiger partial charge on any atom is -0.467 e. The maximum absolute atomic E-state index is 11.8. The van der Waals surface area contributed by atoms with Crippen LogP contribution in [0, 0.1) is 5.92 Å². The van der Waals surface area contributed by atoms with Crippen molar-refractivity contribution in [1.82, 2.24) is 5.32 Å². The highest BCUT2D eigenvalue weighted by Crippen LogP contribution is 2.12. The van der Waals surface area contributed by atoms with Gasteiger partial charge in [0.2, 0.25) is 5.91 Å². The molecule has 5 heteroatoms. The van der Waals surface area contributed by atoms with Crippen LogP contribution in [0.4, 0.5) is 0 Å². The van der Waals surface area contributed by atoms with E-state index in [-0.39, 0.29) is 11.8 Å². The zero-order valence-corrected chi connectivity index (χ0v) is 10.9. The third kappa shape index (κ3) is 5.68. The lowest BCUT2D eigenvalue weighted by Crippen LogP contribution is -2.46. The monoisotopic (exact) mass is 245 g/mol. The highest BCUT2D eigenvalue weighted by atomic mass is 16.5. The average molecular weight is 245 g/mol. The van der Waals surface area contributed by atoms with Gasteiger partial charge in [-0.2, -0.15) is 0 Å². The summed E-state index contributed by atoms with van der Waals surface area (Å²) in [7, 11) is 1.23. The van der Waals surface area contributed by atoms with Gasteiger partial charge in [-0.3, -0.25) is 4.79 Å². The molecule has 0 aliphatic heterocycles. The largest absolute Gasteiger partial charge is 0.467 e. The first-order valence-corrected chi connectivity index (χ1v) is 6.09. The van der Waals surface area contributed by atoms with Crippen molar-refractivity contribution in [1.29, 1.82) is 0 Å². The maximum Gasteiger partial charge on any atom is 0.330 e. The Hall–Kier alpha value is -1.10. The Kier molecular flexibility index (Phi) is 8.40. The van der Waals surface area contributed by atoms with Crippen LogP contribution in [-0.2, 0) is 14.3 Å². The van der Waals surface area contributed by atoms with E-state index in [1.165, 1.54) is 7.11 Å². The van der Waals surface area contributed by atoms with Crippen LogP contribution in [0.25, 0.3) is 0 Å². The van der Waals surface area contributed by atoms with E-state index in [0.29, 0.717) is 0 Å². The molecule has 0 aliphatic carbocycles. The lowest BCUT2D eigenvalue weighted by molar-refractivity contribution is -0.146. The number of carbonyl (C=O) groups excluding carboxylic acids is 2. The van der Waals surface area contributed by atoms with Crippen molar-refractivity contribution < 1.29 is 19.4 Å². The lowest BCUT2D eigenvalue weighted by atomic mass is 9.98. The van der Waals surface area contributed by atoms with Crippen LogP contribution < -0.4 is 5.32 Å². The predicted octanol–water partition coefficient (Wildman–Crippen LogP) is 0.853. The van der Waals surface area contributed by atoms with E-state index < -0.39 is 18.6 Å². The standard InChI is InChI=1S/C12H23NO4/c1-4-6-7-9(5-2)11(15)13-10(8-14)12(16)17-3/h9-10,14H,4-8H2,1-3H3,(H,13,15). The van der Waals surface area contributed by atoms with Crippen LogP contribution in [0.3, 0.4) is 0 Å². The predicted molar refractivity (Wildman–Crippen MR) is 64.3 cm³/mol. The van der Waals surface area contributed by atoms with E-state index in [2.05, 4.69) is 17.0 Å². The van der Waals surface area contributed by atoms with Gasteiger partial charge < -0.3 is 15.2 Å². The summed E-state index contributed by atoms with van der Waals surface area (Å²) in [6.07, 6.45) is 3.54. The second kappa shape index (κ2) is 8.98. The van der Waals surface area contributed by atoms with Gasteiger partial charge in [0, 0.05) is 5.92 Å². The number of unbranched alkanes of at least 4 members (excludes halogenated alkanes) is 1. The quantitative estimate of drug-likeness (QED) is 0.622. The molecule has 100 valence electrons. The van der Waals surface area contributed by atoms with Crippen LogP contribution in [0.5, 0.6) is 0 Å². The van der Waals surface area contributed by atoms with E-state index >= 15 is 0 Å². The molecule has 1 amide bonds. The summed E-state index contributed by atoms with van der Waals surface area (Å²) in [5.74, 6) is -0.912. The molecule has 2 atom stereocenters. The summed E-state index contributed by atoms with van der Waals surface area (Å²) in [6, 6.07) is -0.955. The van der Waals surface area contributed by atoms with Crippen molar-refractivity contribution in [2.75, 3.05) is 13.7 Å². The summed E-state index contributed by atoms with van der Waals surface area (Å²) in [6.45, 7) is 3.56. The molecular formula is C12H23NO4. The molecule has 17 heavy (non-hydrogen) atoms. The lowest BCUT2D eigenvalue weighted by Gasteiger charge is -2.18. The van der Waals surface area contributed by atoms with Crippen molar-refractivity contribution in [2.45, 2.75) is 45.6 Å². The van der Waals surface area contributed by atoms with E-state index in [0.717, 1.165) is 25.7 Å². The molecule has 0 rings (SSSR count). The summed E-state index contributed by atoms with van der Waals surface area (Å²) >= 11 is 0. The Bertz CT molecular complexity index is 243. The van der Waals surface area contributed by atoms with Crippen molar-refractivity contribution in [2.24, 2.45) is 5.92 Å². The molecule has 0 aromatic rings. The van der Waals surface area contributed by atoms with E-state index in [9.17, 15) is 9.59 Å². The van der Waals surface area contributed by atoms with Crippen LogP contribution in [0.2, 0.25) is 0 Å². The fourth-order valence-electron chi connectivity index (χ4n) is 1.58. The molecule has 0 bridgehead atoms. The normalized spacial score (nSPS) is 13.9. The van der Waals surface area contributed by atoms with Crippen molar-refractivity contribution in [3.63, 3.8) is 0 Å². The van der Waals surface area contributed by atoms with Gasteiger partial charge >= 0.3 is 5.97 Å². The van der Waals surface area contributed by atoms with Crippen molar-refractivity contribution in [3.8, 4) is 0 Å². The smallest absolute Gasteiger partial charge is 0.330 e. The number of ether oxygens (including phenoxy) is 1. The van der Waals surface area contributed by atoms with Gasteiger partial charge in [0.25, 0.3) is 0 Å². The molecule has 0 aromatic heterocycles. The number of aliphatic hydroxyl groups excluding tert-OH is 1. The maximum atomic E-state index is 11.8. The second-order valence-electron chi connectivity index (χ2n) is 4.01. The van der Waals surface area contributed by atoms with Crippen LogP contribution in [-0.4, -0.2) is 36.7 Å². The fraction of sp³-hybridized carbons (Fsp3) is 0.833. The third-order valence-electron chi connectivity index (χ3n) is 2.75. The van der Waals surface area contributed by atoms with Gasteiger partial charge in [0.05, 0.1) is 13.7 Å². The first-order valence-electron chi connectivity index (χ1n) is 6.09. The highest BCUT2D eigenvalue weighted by Gasteiger charge is 2.24. The van der Waals surface area contributed by atoms with Crippen molar-refractivity contribution in [3.05, 3.63) is 0 Å². The van der Waals surface area contributed by atoms with E-state index in [1.54, 1.807) is 0 Å². The molecule has 0 saturated heterocycles. The fourth-order valence-corrected chi connectivity index (χ4v) is 1.58. The van der Waals surface area contributed by atoms with Gasteiger partial charge in [0.1, 0.15) is 0 Å². The van der Waals surface area contributed by atoms with E-state index in [1.807, 2.05) is 6.92 Å². The Morgan fingerprint density at radius 3 is 2.41 bits per heavy atom. The number of carbonyl (C=O) groups is 2. The molecule has 0 saturated carbocycles. The molecule has 2 N–H and O–H groups in total. The molecule has 2 unspecified atom stereocenters. The summed E-state index contributed by atoms with van der Waals surface area (Å²) < 4.78 is 4.48. The van der Waals surface area contributed by atoms with Gasteiger partial charge in [-0.25, -0.2) is 4.79 Å². The van der Waals surface area contributed by atoms with Gasteiger partial charge in [0.15, 0.2) is 6.04 Å². The Labute approximate surface area is 103 Å². The molecule has 0 heterocycles. The zero-order valence-electron chi connectivity index (χ0n) is 10.9. The molecule has 0 aliphatic rings. The minimum atomic E-state index is -0.955. The third-order valence-corrected chi connectivity index (χ3v) is 2.75. The minimum absolute atomic E-state index is 0.103. The number of methoxy groups -OCH3 is 1.